The molecule has 4 heterocycles. The molecule has 0 aliphatic carbocycles. The van der Waals surface area contributed by atoms with E-state index in [4.69, 9.17) is 0 Å². The highest BCUT2D eigenvalue weighted by atomic mass is 32.1. The van der Waals surface area contributed by atoms with Crippen molar-refractivity contribution < 1.29 is 9.59 Å². The van der Waals surface area contributed by atoms with Crippen LogP contribution in [-0.2, 0) is 4.79 Å². The Balaban J connectivity index is 1.45. The fourth-order valence-corrected chi connectivity index (χ4v) is 5.18. The number of hydrogen-bond acceptors (Lipinski definition) is 6. The Morgan fingerprint density at radius 1 is 1.10 bits per heavy atom. The maximum absolute atomic E-state index is 13.0. The quantitative estimate of drug-likeness (QED) is 0.294. The number of thiophene rings is 1. The second-order valence-corrected chi connectivity index (χ2v) is 8.76. The lowest BCUT2D eigenvalue weighted by molar-refractivity contribution is -0.112. The van der Waals surface area contributed by atoms with E-state index >= 15 is 0 Å². The third kappa shape index (κ3) is 3.37. The monoisotopic (exact) mass is 447 g/mol. The van der Waals surface area contributed by atoms with Crippen LogP contribution in [0.2, 0.25) is 0 Å². The Morgan fingerprint density at radius 3 is 2.74 bits per heavy atom. The average molecular weight is 448 g/mol. The summed E-state index contributed by atoms with van der Waals surface area (Å²) in [6.45, 7) is 3.62. The number of carbonyl (C=O) groups excluding carboxylic acids is 2. The van der Waals surface area contributed by atoms with E-state index < -0.39 is 11.7 Å². The SMILES string of the molecule is Cc1[nH]c2ccccc2c1C(=O)C(=O)Nc1cnc(C)n1-c1nc(-c2cccs2)cs1. The summed E-state index contributed by atoms with van der Waals surface area (Å²) in [5.41, 5.74) is 2.73. The number of imidazole rings is 1. The number of ketones is 1. The predicted molar refractivity (Wildman–Crippen MR) is 123 cm³/mol. The van der Waals surface area contributed by atoms with Crippen molar-refractivity contribution in [2.24, 2.45) is 0 Å². The minimum Gasteiger partial charge on any atom is -0.358 e. The average Bonchev–Trinajstić information content (AvgIpc) is 3.53. The Bertz CT molecular complexity index is 1430. The molecule has 0 spiro atoms. The number of para-hydroxylation sites is 1. The molecule has 7 nitrogen and oxygen atoms in total. The van der Waals surface area contributed by atoms with Gasteiger partial charge in [-0.3, -0.25) is 14.2 Å². The van der Waals surface area contributed by atoms with Crippen LogP contribution in [0.3, 0.4) is 0 Å². The molecule has 0 saturated heterocycles. The molecule has 0 aliphatic heterocycles. The summed E-state index contributed by atoms with van der Waals surface area (Å²) in [5, 5.41) is 8.08. The molecule has 0 unspecified atom stereocenters. The molecule has 0 fully saturated rings. The van der Waals surface area contributed by atoms with Gasteiger partial charge in [0.05, 0.1) is 22.3 Å². The van der Waals surface area contributed by atoms with Gasteiger partial charge in [-0.05, 0) is 31.4 Å². The number of benzene rings is 1. The Morgan fingerprint density at radius 2 is 1.94 bits per heavy atom. The third-order valence-corrected chi connectivity index (χ3v) is 6.68. The van der Waals surface area contributed by atoms with Crippen molar-refractivity contribution in [3.8, 4) is 15.7 Å². The molecule has 0 atom stereocenters. The molecule has 1 aromatic carbocycles. The second kappa shape index (κ2) is 7.60. The number of hydrogen-bond donors (Lipinski definition) is 2. The van der Waals surface area contributed by atoms with Crippen LogP contribution in [0.4, 0.5) is 5.82 Å². The van der Waals surface area contributed by atoms with E-state index in [-0.39, 0.29) is 0 Å². The third-order valence-electron chi connectivity index (χ3n) is 4.96. The van der Waals surface area contributed by atoms with Crippen LogP contribution in [0.15, 0.2) is 53.4 Å². The first kappa shape index (κ1) is 19.4. The van der Waals surface area contributed by atoms with Gasteiger partial charge in [-0.25, -0.2) is 9.97 Å². The van der Waals surface area contributed by atoms with Crippen molar-refractivity contribution in [3.05, 3.63) is 70.4 Å². The van der Waals surface area contributed by atoms with Crippen LogP contribution in [0, 0.1) is 13.8 Å². The van der Waals surface area contributed by atoms with Crippen molar-refractivity contribution in [2.45, 2.75) is 13.8 Å². The number of Topliss-reactive ketones (excluding diaryl/α,β-unsaturated/α-hetero) is 1. The first-order valence-electron chi connectivity index (χ1n) is 9.50. The van der Waals surface area contributed by atoms with Gasteiger partial charge in [-0.15, -0.1) is 22.7 Å². The number of nitrogens with one attached hydrogen (secondary N) is 2. The Labute approximate surface area is 185 Å². The molecule has 5 rings (SSSR count). The van der Waals surface area contributed by atoms with Crippen LogP contribution in [0.1, 0.15) is 21.9 Å². The summed E-state index contributed by atoms with van der Waals surface area (Å²) >= 11 is 3.06. The fourth-order valence-electron chi connectivity index (χ4n) is 3.53. The number of fused-ring (bicyclic) bond motifs is 1. The first-order chi connectivity index (χ1) is 15.0. The van der Waals surface area contributed by atoms with E-state index in [1.807, 2.05) is 54.1 Å². The zero-order valence-electron chi connectivity index (χ0n) is 16.7. The van der Waals surface area contributed by atoms with Crippen molar-refractivity contribution >= 4 is 51.1 Å². The highest BCUT2D eigenvalue weighted by Gasteiger charge is 2.24. The standard InChI is InChI=1S/C22H17N5O2S2/c1-12-19(14-6-3-4-7-15(14)24-12)20(28)21(29)26-18-10-23-13(2)27(18)22-25-16(11-31-22)17-8-5-9-30-17/h3-11,24H,1-2H3,(H,26,29). The number of rotatable bonds is 5. The van der Waals surface area contributed by atoms with Crippen LogP contribution < -0.4 is 5.32 Å². The van der Waals surface area contributed by atoms with E-state index in [2.05, 4.69) is 20.3 Å². The van der Waals surface area contributed by atoms with Gasteiger partial charge in [0.1, 0.15) is 11.6 Å². The van der Waals surface area contributed by atoms with Crippen LogP contribution in [-0.4, -0.2) is 31.2 Å². The number of nitrogens with zero attached hydrogens (tertiary/aromatic N) is 3. The smallest absolute Gasteiger partial charge is 0.298 e. The van der Waals surface area contributed by atoms with Crippen molar-refractivity contribution in [1.82, 2.24) is 19.5 Å². The molecule has 9 heteroatoms. The summed E-state index contributed by atoms with van der Waals surface area (Å²) in [4.78, 5) is 39.1. The minimum atomic E-state index is -0.718. The molecule has 4 aromatic heterocycles. The number of amides is 1. The zero-order chi connectivity index (χ0) is 21.5. The number of aromatic nitrogens is 4. The topological polar surface area (TPSA) is 92.7 Å². The van der Waals surface area contributed by atoms with Crippen LogP contribution >= 0.6 is 22.7 Å². The number of aryl methyl sites for hydroxylation is 2. The van der Waals surface area contributed by atoms with Crippen molar-refractivity contribution in [1.29, 1.82) is 0 Å². The summed E-state index contributed by atoms with van der Waals surface area (Å²) in [6, 6.07) is 11.4. The maximum atomic E-state index is 13.0. The van der Waals surface area contributed by atoms with E-state index in [1.165, 1.54) is 17.5 Å². The molecule has 154 valence electrons. The lowest BCUT2D eigenvalue weighted by Gasteiger charge is -2.08. The highest BCUT2D eigenvalue weighted by Crippen LogP contribution is 2.30. The Hall–Kier alpha value is -3.56. The van der Waals surface area contributed by atoms with Gasteiger partial charge in [-0.1, -0.05) is 24.3 Å². The van der Waals surface area contributed by atoms with Crippen LogP contribution in [0.5, 0.6) is 0 Å². The fraction of sp³-hybridized carbons (Fsp3) is 0.0909. The molecule has 0 radical (unpaired) electrons. The Kier molecular flexibility index (Phi) is 4.76. The number of carbonyl (C=O) groups is 2. The van der Waals surface area contributed by atoms with Gasteiger partial charge < -0.3 is 10.3 Å². The molecule has 1 amide bonds. The highest BCUT2D eigenvalue weighted by molar-refractivity contribution is 7.15. The van der Waals surface area contributed by atoms with Crippen molar-refractivity contribution in [3.63, 3.8) is 0 Å². The maximum Gasteiger partial charge on any atom is 0.298 e. The summed E-state index contributed by atoms with van der Waals surface area (Å²) in [5.74, 6) is -0.249. The molecule has 5 aromatic rings. The van der Waals surface area contributed by atoms with Gasteiger partial charge in [-0.2, -0.15) is 0 Å². The largest absolute Gasteiger partial charge is 0.358 e. The summed E-state index contributed by atoms with van der Waals surface area (Å²) < 4.78 is 1.75. The van der Waals surface area contributed by atoms with Gasteiger partial charge in [0.15, 0.2) is 5.13 Å². The molecule has 2 N–H and O–H groups in total. The van der Waals surface area contributed by atoms with E-state index in [9.17, 15) is 9.59 Å². The van der Waals surface area contributed by atoms with Gasteiger partial charge in [0, 0.05) is 22.0 Å². The summed E-state index contributed by atoms with van der Waals surface area (Å²) in [7, 11) is 0. The van der Waals surface area contributed by atoms with Gasteiger partial charge >= 0.3 is 0 Å². The van der Waals surface area contributed by atoms with Crippen molar-refractivity contribution in [2.75, 3.05) is 5.32 Å². The van der Waals surface area contributed by atoms with Crippen LogP contribution in [0.25, 0.3) is 26.6 Å². The van der Waals surface area contributed by atoms with E-state index in [0.29, 0.717) is 28.0 Å². The molecular formula is C22H17N5O2S2. The minimum absolute atomic E-state index is 0.380. The lowest BCUT2D eigenvalue weighted by Crippen LogP contribution is -2.24. The lowest BCUT2D eigenvalue weighted by atomic mass is 10.1. The molecule has 0 aliphatic rings. The first-order valence-corrected chi connectivity index (χ1v) is 11.3. The number of thiazole rings is 1. The number of H-pyrrole nitrogens is 1. The zero-order valence-corrected chi connectivity index (χ0v) is 18.3. The van der Waals surface area contributed by atoms with Gasteiger partial charge in [0.25, 0.3) is 11.7 Å². The summed E-state index contributed by atoms with van der Waals surface area (Å²) in [6.07, 6.45) is 1.54. The van der Waals surface area contributed by atoms with Gasteiger partial charge in [0.2, 0.25) is 0 Å². The van der Waals surface area contributed by atoms with E-state index in [0.717, 1.165) is 21.5 Å². The number of aromatic amines is 1. The molecule has 31 heavy (non-hydrogen) atoms. The normalized spacial score (nSPS) is 11.2. The predicted octanol–water partition coefficient (Wildman–Crippen LogP) is 4.98. The molecular weight excluding hydrogens is 430 g/mol. The molecule has 0 saturated carbocycles. The second-order valence-electron chi connectivity index (χ2n) is 6.97. The van der Waals surface area contributed by atoms with E-state index in [1.54, 1.807) is 22.8 Å². The molecule has 0 bridgehead atoms. The number of anilines is 1.